The summed E-state index contributed by atoms with van der Waals surface area (Å²) in [7, 11) is 0. The fourth-order valence-corrected chi connectivity index (χ4v) is 4.16. The zero-order valence-corrected chi connectivity index (χ0v) is 11.1. The fraction of sp³-hybridized carbons (Fsp3) is 0.562. The van der Waals surface area contributed by atoms with E-state index < -0.39 is 0 Å². The topological polar surface area (TPSA) is 41.1 Å². The summed E-state index contributed by atoms with van der Waals surface area (Å²) in [4.78, 5) is 12.4. The van der Waals surface area contributed by atoms with Gasteiger partial charge in [0.25, 0.3) is 0 Å². The molecule has 0 aromatic heterocycles. The summed E-state index contributed by atoms with van der Waals surface area (Å²) in [5.41, 5.74) is 2.38. The Bertz CT molecular complexity index is 488. The van der Waals surface area contributed by atoms with Crippen molar-refractivity contribution in [1.82, 2.24) is 5.32 Å². The monoisotopic (exact) mass is 256 g/mol. The van der Waals surface area contributed by atoms with Gasteiger partial charge in [0, 0.05) is 18.2 Å². The Morgan fingerprint density at radius 1 is 1.21 bits per heavy atom. The molecule has 2 fully saturated rings. The van der Waals surface area contributed by atoms with Crippen LogP contribution in [0.2, 0.25) is 0 Å². The molecule has 0 spiro atoms. The van der Waals surface area contributed by atoms with Gasteiger partial charge in [0.05, 0.1) is 0 Å². The summed E-state index contributed by atoms with van der Waals surface area (Å²) in [6.45, 7) is 0. The van der Waals surface area contributed by atoms with E-state index in [2.05, 4.69) is 22.8 Å². The predicted molar refractivity (Wildman–Crippen MR) is 74.9 cm³/mol. The molecule has 1 aromatic rings. The molecule has 2 aliphatic carbocycles. The van der Waals surface area contributed by atoms with E-state index >= 15 is 0 Å². The van der Waals surface area contributed by atoms with Crippen LogP contribution in [-0.4, -0.2) is 18.0 Å². The Labute approximate surface area is 113 Å². The molecule has 1 aliphatic heterocycles. The SMILES string of the molecule is O=C(NC1CC2CCC1C2)C1Cc2ccccc2N1. The van der Waals surface area contributed by atoms with Crippen molar-refractivity contribution in [1.29, 1.82) is 0 Å². The number of carbonyl (C=O) groups is 1. The number of fused-ring (bicyclic) bond motifs is 3. The van der Waals surface area contributed by atoms with E-state index in [0.717, 1.165) is 23.9 Å². The molecule has 3 heteroatoms. The van der Waals surface area contributed by atoms with Crippen LogP contribution >= 0.6 is 0 Å². The number of carbonyl (C=O) groups excluding carboxylic acids is 1. The Kier molecular flexibility index (Phi) is 2.54. The highest BCUT2D eigenvalue weighted by molar-refractivity contribution is 5.87. The molecular weight excluding hydrogens is 236 g/mol. The molecule has 4 atom stereocenters. The molecule has 4 rings (SSSR count). The summed E-state index contributed by atoms with van der Waals surface area (Å²) in [5, 5.41) is 6.63. The van der Waals surface area contributed by atoms with Crippen LogP contribution in [0, 0.1) is 11.8 Å². The van der Waals surface area contributed by atoms with E-state index in [1.54, 1.807) is 0 Å². The number of para-hydroxylation sites is 1. The summed E-state index contributed by atoms with van der Waals surface area (Å²) in [6.07, 6.45) is 6.06. The number of amides is 1. The number of hydrogen-bond acceptors (Lipinski definition) is 2. The molecule has 100 valence electrons. The third-order valence-corrected chi connectivity index (χ3v) is 5.15. The van der Waals surface area contributed by atoms with Gasteiger partial charge in [0.15, 0.2) is 0 Å². The van der Waals surface area contributed by atoms with E-state index in [9.17, 15) is 4.79 Å². The van der Waals surface area contributed by atoms with Gasteiger partial charge in [0.1, 0.15) is 6.04 Å². The lowest BCUT2D eigenvalue weighted by Gasteiger charge is -2.24. The third kappa shape index (κ3) is 1.92. The van der Waals surface area contributed by atoms with E-state index in [-0.39, 0.29) is 11.9 Å². The van der Waals surface area contributed by atoms with E-state index in [1.165, 1.54) is 31.2 Å². The number of anilines is 1. The van der Waals surface area contributed by atoms with Crippen molar-refractivity contribution >= 4 is 11.6 Å². The Hall–Kier alpha value is -1.51. The Morgan fingerprint density at radius 2 is 2.11 bits per heavy atom. The molecule has 0 saturated heterocycles. The maximum absolute atomic E-state index is 12.4. The lowest BCUT2D eigenvalue weighted by molar-refractivity contribution is -0.122. The number of rotatable bonds is 2. The van der Waals surface area contributed by atoms with Gasteiger partial charge in [-0.15, -0.1) is 0 Å². The second-order valence-corrected chi connectivity index (χ2v) is 6.35. The van der Waals surface area contributed by atoms with Crippen molar-refractivity contribution in [2.45, 2.75) is 44.2 Å². The van der Waals surface area contributed by atoms with E-state index in [1.807, 2.05) is 12.1 Å². The summed E-state index contributed by atoms with van der Waals surface area (Å²) < 4.78 is 0. The standard InChI is InChI=1S/C16H20N2O/c19-16(18-14-8-10-5-6-12(14)7-10)15-9-11-3-1-2-4-13(11)17-15/h1-4,10,12,14-15,17H,5-9H2,(H,18,19). The van der Waals surface area contributed by atoms with Crippen molar-refractivity contribution in [3.63, 3.8) is 0 Å². The highest BCUT2D eigenvalue weighted by atomic mass is 16.2. The van der Waals surface area contributed by atoms with Gasteiger partial charge in [-0.05, 0) is 42.7 Å². The fourth-order valence-electron chi connectivity index (χ4n) is 4.16. The van der Waals surface area contributed by atoms with Crippen LogP contribution in [-0.2, 0) is 11.2 Å². The maximum atomic E-state index is 12.4. The average Bonchev–Trinajstić information content (AvgIpc) is 3.12. The van der Waals surface area contributed by atoms with Gasteiger partial charge in [-0.2, -0.15) is 0 Å². The van der Waals surface area contributed by atoms with Crippen molar-refractivity contribution in [2.75, 3.05) is 5.32 Å². The Morgan fingerprint density at radius 3 is 2.84 bits per heavy atom. The van der Waals surface area contributed by atoms with Crippen LogP contribution in [0.15, 0.2) is 24.3 Å². The van der Waals surface area contributed by atoms with Crippen LogP contribution < -0.4 is 10.6 Å². The summed E-state index contributed by atoms with van der Waals surface area (Å²) >= 11 is 0. The first-order valence-electron chi connectivity index (χ1n) is 7.44. The number of nitrogens with one attached hydrogen (secondary N) is 2. The second kappa shape index (κ2) is 4.26. The molecule has 1 aromatic carbocycles. The second-order valence-electron chi connectivity index (χ2n) is 6.35. The van der Waals surface area contributed by atoms with Crippen molar-refractivity contribution in [3.8, 4) is 0 Å². The molecule has 1 heterocycles. The molecule has 2 saturated carbocycles. The highest BCUT2D eigenvalue weighted by Gasteiger charge is 2.41. The van der Waals surface area contributed by atoms with Crippen LogP contribution in [0.5, 0.6) is 0 Å². The van der Waals surface area contributed by atoms with Crippen molar-refractivity contribution < 1.29 is 4.79 Å². The minimum atomic E-state index is -0.0727. The van der Waals surface area contributed by atoms with Crippen LogP contribution in [0.1, 0.15) is 31.2 Å². The first-order valence-corrected chi connectivity index (χ1v) is 7.44. The first-order chi connectivity index (χ1) is 9.29. The van der Waals surface area contributed by atoms with Crippen LogP contribution in [0.25, 0.3) is 0 Å². The summed E-state index contributed by atoms with van der Waals surface area (Å²) in [6, 6.07) is 8.58. The molecule has 3 aliphatic rings. The lowest BCUT2D eigenvalue weighted by atomic mass is 9.95. The van der Waals surface area contributed by atoms with Crippen LogP contribution in [0.3, 0.4) is 0 Å². The average molecular weight is 256 g/mol. The largest absolute Gasteiger partial charge is 0.373 e. The highest BCUT2D eigenvalue weighted by Crippen LogP contribution is 2.44. The number of hydrogen-bond donors (Lipinski definition) is 2. The zero-order valence-electron chi connectivity index (χ0n) is 11.1. The third-order valence-electron chi connectivity index (χ3n) is 5.15. The molecule has 4 unspecified atom stereocenters. The predicted octanol–water partition coefficient (Wildman–Crippen LogP) is 2.33. The molecule has 19 heavy (non-hydrogen) atoms. The quantitative estimate of drug-likeness (QED) is 0.852. The minimum absolute atomic E-state index is 0.0727. The van der Waals surface area contributed by atoms with Crippen LogP contribution in [0.4, 0.5) is 5.69 Å². The molecule has 0 radical (unpaired) electrons. The first kappa shape index (κ1) is 11.3. The molecule has 2 N–H and O–H groups in total. The smallest absolute Gasteiger partial charge is 0.243 e. The van der Waals surface area contributed by atoms with Crippen molar-refractivity contribution in [3.05, 3.63) is 29.8 Å². The molecule has 1 amide bonds. The molecule has 2 bridgehead atoms. The van der Waals surface area contributed by atoms with E-state index in [4.69, 9.17) is 0 Å². The molecule has 3 nitrogen and oxygen atoms in total. The van der Waals surface area contributed by atoms with Gasteiger partial charge in [-0.3, -0.25) is 4.79 Å². The van der Waals surface area contributed by atoms with Gasteiger partial charge in [-0.25, -0.2) is 0 Å². The minimum Gasteiger partial charge on any atom is -0.373 e. The number of benzene rings is 1. The Balaban J connectivity index is 1.40. The normalized spacial score (nSPS) is 34.9. The van der Waals surface area contributed by atoms with Gasteiger partial charge in [0.2, 0.25) is 5.91 Å². The lowest BCUT2D eigenvalue weighted by Crippen LogP contribution is -2.45. The van der Waals surface area contributed by atoms with Gasteiger partial charge in [-0.1, -0.05) is 24.6 Å². The molecular formula is C16H20N2O. The van der Waals surface area contributed by atoms with Gasteiger partial charge < -0.3 is 10.6 Å². The van der Waals surface area contributed by atoms with Gasteiger partial charge >= 0.3 is 0 Å². The summed E-state index contributed by atoms with van der Waals surface area (Å²) in [5.74, 6) is 1.82. The zero-order chi connectivity index (χ0) is 12.8. The van der Waals surface area contributed by atoms with E-state index in [0.29, 0.717) is 6.04 Å². The maximum Gasteiger partial charge on any atom is 0.243 e. The van der Waals surface area contributed by atoms with Crippen molar-refractivity contribution in [2.24, 2.45) is 11.8 Å².